The average molecular weight is 807 g/mol. The molecule has 0 amide bonds. The second kappa shape index (κ2) is 15.9. The summed E-state index contributed by atoms with van der Waals surface area (Å²) < 4.78 is 4.87. The van der Waals surface area contributed by atoms with Gasteiger partial charge in [0, 0.05) is 0 Å². The van der Waals surface area contributed by atoms with E-state index < -0.39 is 21.3 Å². The third-order valence-corrected chi connectivity index (χ3v) is 18.6. The number of fused-ring (bicyclic) bond motifs is 3. The first-order valence-corrected chi connectivity index (χ1v) is 22.2. The molecule has 4 aromatic carbocycles. The topological polar surface area (TPSA) is 0 Å². The first kappa shape index (κ1) is 41.9. The van der Waals surface area contributed by atoms with Crippen molar-refractivity contribution in [2.24, 2.45) is 11.3 Å². The number of halogens is 2. The zero-order valence-electron chi connectivity index (χ0n) is 33.0. The van der Waals surface area contributed by atoms with Gasteiger partial charge in [-0.1, -0.05) is 0 Å². The van der Waals surface area contributed by atoms with Gasteiger partial charge in [0.15, 0.2) is 0 Å². The number of benzene rings is 4. The summed E-state index contributed by atoms with van der Waals surface area (Å²) in [5, 5.41) is 0. The van der Waals surface area contributed by atoms with E-state index in [9.17, 15) is 0 Å². The van der Waals surface area contributed by atoms with Crippen molar-refractivity contribution in [3.05, 3.63) is 158 Å². The standard InChI is InChI=1S/C21H26.C17H13.C11H17.2ClH.Zr/c1-20(2,3)18-11-7-16(8-12-18)15-17-9-13-19(14-10-17)21(4,5)6;1-3-12-5-7-14-11-15-8-6-13(4-2)10-17(15)16(14)9-12;1-5-9-6-7-10(8-9)11(2,3)4;;;/h7-14H,1-6H3;3-7,9-10H,1-2,11H2;7-9H,5H2,1-4H3;2*1H;/q;;;;;+2/p-2. The third kappa shape index (κ3) is 8.29. The fourth-order valence-corrected chi connectivity index (χ4v) is 16.4. The molecule has 270 valence electrons. The molecule has 2 aliphatic carbocycles. The first-order chi connectivity index (χ1) is 23.5. The minimum Gasteiger partial charge on any atom is -1.00 e. The van der Waals surface area contributed by atoms with E-state index in [1.807, 2.05) is 6.08 Å². The van der Waals surface area contributed by atoms with E-state index in [0.29, 0.717) is 5.92 Å². The fraction of sp³-hybridized carbons (Fsp3) is 0.327. The Morgan fingerprint density at radius 3 is 1.65 bits per heavy atom. The predicted molar refractivity (Wildman–Crippen MR) is 217 cm³/mol. The second-order valence-electron chi connectivity index (χ2n) is 17.5. The van der Waals surface area contributed by atoms with Crippen LogP contribution in [0.5, 0.6) is 0 Å². The Balaban J connectivity index is 0.00000302. The normalized spacial score (nSPS) is 14.8. The quantitative estimate of drug-likeness (QED) is 0.175. The van der Waals surface area contributed by atoms with Crippen molar-refractivity contribution in [2.75, 3.05) is 0 Å². The number of hydrogen-bond donors (Lipinski definition) is 0. The molecule has 0 aromatic heterocycles. The Morgan fingerprint density at radius 1 is 0.673 bits per heavy atom. The van der Waals surface area contributed by atoms with Crippen LogP contribution < -0.4 is 28.1 Å². The van der Waals surface area contributed by atoms with E-state index in [1.54, 1.807) is 9.76 Å². The SMILES string of the molecule is C=Cc1ccc2c(c1)-c1cc(C=C)c[c]([Zr+2]([C]3=CC(C(C)(C)C)=CC3CC)=[C](c3ccc(C(C)(C)C)cc3)c3ccc(C(C)(C)C)cc3)c1C2.[Cl-].[Cl-]. The maximum Gasteiger partial charge on any atom is -1.00 e. The van der Waals surface area contributed by atoms with Crippen LogP contribution in [0.25, 0.3) is 23.3 Å². The third-order valence-electron chi connectivity index (χ3n) is 10.8. The van der Waals surface area contributed by atoms with Crippen LogP contribution in [0.4, 0.5) is 0 Å². The van der Waals surface area contributed by atoms with Gasteiger partial charge in [0.05, 0.1) is 0 Å². The Morgan fingerprint density at radius 2 is 1.19 bits per heavy atom. The van der Waals surface area contributed by atoms with Crippen molar-refractivity contribution in [2.45, 2.75) is 92.9 Å². The Labute approximate surface area is 335 Å². The smallest absolute Gasteiger partial charge is 1.00 e. The molecule has 0 bridgehead atoms. The van der Waals surface area contributed by atoms with Crippen LogP contribution in [0, 0.1) is 11.3 Å². The van der Waals surface area contributed by atoms with Crippen LogP contribution in [0.2, 0.25) is 0 Å². The van der Waals surface area contributed by atoms with Gasteiger partial charge in [-0.15, -0.1) is 0 Å². The monoisotopic (exact) mass is 804 g/mol. The van der Waals surface area contributed by atoms with Gasteiger partial charge in [-0.05, 0) is 0 Å². The largest absolute Gasteiger partial charge is 1.00 e. The van der Waals surface area contributed by atoms with E-state index >= 15 is 0 Å². The molecule has 0 saturated heterocycles. The van der Waals surface area contributed by atoms with Gasteiger partial charge in [0.1, 0.15) is 0 Å². The maximum atomic E-state index is 4.32. The molecule has 1 atom stereocenters. The Kier molecular flexibility index (Phi) is 12.8. The van der Waals surface area contributed by atoms with E-state index in [0.717, 1.165) is 12.8 Å². The molecule has 0 saturated carbocycles. The van der Waals surface area contributed by atoms with Crippen molar-refractivity contribution in [3.63, 3.8) is 0 Å². The van der Waals surface area contributed by atoms with Crippen LogP contribution in [0.3, 0.4) is 0 Å². The van der Waals surface area contributed by atoms with Crippen LogP contribution in [-0.4, -0.2) is 3.21 Å². The van der Waals surface area contributed by atoms with Crippen LogP contribution in [-0.2, 0) is 38.5 Å². The molecular weight excluding hydrogens is 751 g/mol. The van der Waals surface area contributed by atoms with Crippen molar-refractivity contribution < 1.29 is 46.1 Å². The maximum absolute atomic E-state index is 4.32. The summed E-state index contributed by atoms with van der Waals surface area (Å²) in [5.74, 6) is 0.440. The number of allylic oxidation sites excluding steroid dienone is 4. The zero-order valence-corrected chi connectivity index (χ0v) is 36.9. The molecule has 0 N–H and O–H groups in total. The van der Waals surface area contributed by atoms with Gasteiger partial charge in [0.25, 0.3) is 0 Å². The van der Waals surface area contributed by atoms with Gasteiger partial charge in [-0.2, -0.15) is 0 Å². The molecule has 0 heterocycles. The molecule has 0 spiro atoms. The van der Waals surface area contributed by atoms with E-state index in [2.05, 4.69) is 179 Å². The van der Waals surface area contributed by atoms with Gasteiger partial charge in [0.2, 0.25) is 0 Å². The van der Waals surface area contributed by atoms with Crippen LogP contribution in [0.15, 0.2) is 113 Å². The molecule has 1 unspecified atom stereocenters. The summed E-state index contributed by atoms with van der Waals surface area (Å²) in [7, 11) is 0. The first-order valence-electron chi connectivity index (χ1n) is 18.5. The molecule has 0 nitrogen and oxygen atoms in total. The van der Waals surface area contributed by atoms with Crippen molar-refractivity contribution >= 4 is 18.6 Å². The van der Waals surface area contributed by atoms with E-state index in [4.69, 9.17) is 0 Å². The average Bonchev–Trinajstić information content (AvgIpc) is 3.68. The van der Waals surface area contributed by atoms with Crippen molar-refractivity contribution in [1.82, 2.24) is 0 Å². The molecule has 4 aromatic rings. The predicted octanol–water partition coefficient (Wildman–Crippen LogP) is 6.56. The molecule has 0 radical (unpaired) electrons. The summed E-state index contributed by atoms with van der Waals surface area (Å²) in [6.07, 6.45) is 11.4. The minimum atomic E-state index is -2.99. The zero-order chi connectivity index (χ0) is 36.2. The second-order valence-corrected chi connectivity index (χ2v) is 23.3. The summed E-state index contributed by atoms with van der Waals surface area (Å²) in [4.78, 5) is 0. The summed E-state index contributed by atoms with van der Waals surface area (Å²) in [6.45, 7) is 31.8. The number of rotatable bonds is 7. The molecule has 3 heteroatoms. The molecule has 0 fully saturated rings. The van der Waals surface area contributed by atoms with Gasteiger partial charge in [-0.25, -0.2) is 0 Å². The number of hydrogen-bond acceptors (Lipinski definition) is 0. The van der Waals surface area contributed by atoms with Gasteiger partial charge < -0.3 is 24.8 Å². The molecule has 52 heavy (non-hydrogen) atoms. The molecule has 2 aliphatic rings. The molecule has 6 rings (SSSR count). The van der Waals surface area contributed by atoms with Crippen LogP contribution in [0.1, 0.15) is 120 Å². The Bertz CT molecular complexity index is 2010. The van der Waals surface area contributed by atoms with Crippen molar-refractivity contribution in [1.29, 1.82) is 0 Å². The Hall–Kier alpha value is -2.83. The van der Waals surface area contributed by atoms with E-state index in [1.165, 1.54) is 61.2 Å². The molecule has 0 aliphatic heterocycles. The van der Waals surface area contributed by atoms with Gasteiger partial charge in [-0.3, -0.25) is 0 Å². The summed E-state index contributed by atoms with van der Waals surface area (Å²) >= 11 is -2.99. The van der Waals surface area contributed by atoms with Crippen molar-refractivity contribution in [3.8, 4) is 11.1 Å². The van der Waals surface area contributed by atoms with Gasteiger partial charge >= 0.3 is 313 Å². The van der Waals surface area contributed by atoms with E-state index in [-0.39, 0.29) is 41.1 Å². The summed E-state index contributed by atoms with van der Waals surface area (Å²) in [5.41, 5.74) is 15.3. The fourth-order valence-electron chi connectivity index (χ4n) is 7.64. The molecular formula is C49H56Cl2Zr. The minimum absolute atomic E-state index is 0. The van der Waals surface area contributed by atoms with Crippen LogP contribution >= 0.6 is 0 Å². The summed E-state index contributed by atoms with van der Waals surface area (Å²) in [6, 6.07) is 31.1.